The van der Waals surface area contributed by atoms with Gasteiger partial charge < -0.3 is 24.8 Å². The summed E-state index contributed by atoms with van der Waals surface area (Å²) in [5.74, 6) is 1.57. The molecular weight excluding hydrogens is 312 g/mol. The predicted octanol–water partition coefficient (Wildman–Crippen LogP) is 1.33. The Morgan fingerprint density at radius 3 is 2.89 bits per heavy atom. The summed E-state index contributed by atoms with van der Waals surface area (Å²) < 4.78 is 11.3. The van der Waals surface area contributed by atoms with Crippen molar-refractivity contribution in [2.45, 2.75) is 6.42 Å². The molecule has 19 heavy (non-hydrogen) atoms. The monoisotopic (exact) mass is 328 g/mol. The highest BCUT2D eigenvalue weighted by Gasteiger charge is 2.23. The van der Waals surface area contributed by atoms with Gasteiger partial charge in [-0.15, -0.1) is 0 Å². The van der Waals surface area contributed by atoms with Gasteiger partial charge in [-0.05, 0) is 28.4 Å². The normalized spacial score (nSPS) is 18.8. The van der Waals surface area contributed by atoms with Crippen molar-refractivity contribution in [3.8, 4) is 17.2 Å². The Bertz CT molecular complexity index is 475. The van der Waals surface area contributed by atoms with Crippen molar-refractivity contribution in [2.75, 3.05) is 39.5 Å². The van der Waals surface area contributed by atoms with Crippen molar-refractivity contribution in [3.63, 3.8) is 0 Å². The topological polar surface area (TPSA) is 54.0 Å². The first kappa shape index (κ1) is 13.0. The molecule has 1 saturated heterocycles. The molecule has 3 rings (SSSR count). The first-order valence-electron chi connectivity index (χ1n) is 6.48. The number of nitrogens with zero attached hydrogens (tertiary/aromatic N) is 1. The zero-order valence-electron chi connectivity index (χ0n) is 10.6. The molecule has 2 N–H and O–H groups in total. The minimum absolute atomic E-state index is 0.217. The number of fused-ring (bicyclic) bond motifs is 1. The van der Waals surface area contributed by atoms with E-state index in [4.69, 9.17) is 9.47 Å². The van der Waals surface area contributed by atoms with Crippen molar-refractivity contribution in [1.82, 2.24) is 10.2 Å². The third kappa shape index (κ3) is 2.66. The lowest BCUT2D eigenvalue weighted by molar-refractivity contribution is 0.173. The smallest absolute Gasteiger partial charge is 0.231 e. The molecule has 2 heterocycles. The molecule has 1 aromatic carbocycles. The van der Waals surface area contributed by atoms with Crippen LogP contribution in [0.3, 0.4) is 0 Å². The summed E-state index contributed by atoms with van der Waals surface area (Å²) in [4.78, 5) is 2.40. The number of ether oxygens (including phenoxy) is 2. The number of aromatic hydroxyl groups is 1. The number of hydrogen-bond acceptors (Lipinski definition) is 5. The van der Waals surface area contributed by atoms with Gasteiger partial charge in [-0.1, -0.05) is 0 Å². The van der Waals surface area contributed by atoms with E-state index in [-0.39, 0.29) is 12.5 Å². The van der Waals surface area contributed by atoms with Crippen LogP contribution in [0.15, 0.2) is 10.5 Å². The van der Waals surface area contributed by atoms with E-state index in [1.54, 1.807) is 0 Å². The molecule has 0 atom stereocenters. The Morgan fingerprint density at radius 2 is 2.11 bits per heavy atom. The lowest BCUT2D eigenvalue weighted by Crippen LogP contribution is -2.44. The Kier molecular flexibility index (Phi) is 3.81. The van der Waals surface area contributed by atoms with E-state index >= 15 is 0 Å². The van der Waals surface area contributed by atoms with E-state index in [1.807, 2.05) is 6.07 Å². The molecule has 0 saturated carbocycles. The second-order valence-electron chi connectivity index (χ2n) is 4.77. The first-order chi connectivity index (χ1) is 9.25. The van der Waals surface area contributed by atoms with E-state index in [2.05, 4.69) is 26.1 Å². The molecule has 0 radical (unpaired) electrons. The highest BCUT2D eigenvalue weighted by atomic mass is 79.9. The van der Waals surface area contributed by atoms with Gasteiger partial charge in [0.25, 0.3) is 0 Å². The molecule has 1 fully saturated rings. The molecule has 2 aliphatic rings. The van der Waals surface area contributed by atoms with Gasteiger partial charge >= 0.3 is 0 Å². The molecule has 0 aliphatic carbocycles. The standard InChI is InChI=1S/C13H17BrN2O3/c14-11-12(17)9(7-10-13(11)19-8-18-10)1-4-16-5-2-15-3-6-16/h7,15,17H,1-6,8H2. The molecule has 6 heteroatoms. The maximum Gasteiger partial charge on any atom is 0.231 e. The number of benzene rings is 1. The fraction of sp³-hybridized carbons (Fsp3) is 0.538. The van der Waals surface area contributed by atoms with Gasteiger partial charge in [0, 0.05) is 38.3 Å². The summed E-state index contributed by atoms with van der Waals surface area (Å²) in [6, 6.07) is 1.88. The van der Waals surface area contributed by atoms with Gasteiger partial charge in [0.05, 0.1) is 0 Å². The van der Waals surface area contributed by atoms with Gasteiger partial charge in [0.15, 0.2) is 11.5 Å². The number of rotatable bonds is 3. The third-order valence-corrected chi connectivity index (χ3v) is 4.30. The lowest BCUT2D eigenvalue weighted by atomic mass is 10.1. The number of piperazine rings is 1. The molecule has 0 bridgehead atoms. The molecule has 0 aromatic heterocycles. The summed E-state index contributed by atoms with van der Waals surface area (Å²) in [5, 5.41) is 13.5. The van der Waals surface area contributed by atoms with Gasteiger partial charge in [-0.2, -0.15) is 0 Å². The predicted molar refractivity (Wildman–Crippen MR) is 74.9 cm³/mol. The largest absolute Gasteiger partial charge is 0.506 e. The van der Waals surface area contributed by atoms with Crippen LogP contribution in [0.1, 0.15) is 5.56 Å². The van der Waals surface area contributed by atoms with Crippen LogP contribution in [-0.4, -0.2) is 49.5 Å². The molecule has 5 nitrogen and oxygen atoms in total. The summed E-state index contributed by atoms with van der Waals surface area (Å²) in [7, 11) is 0. The quantitative estimate of drug-likeness (QED) is 0.876. The van der Waals surface area contributed by atoms with Crippen LogP contribution in [0, 0.1) is 0 Å². The summed E-state index contributed by atoms with van der Waals surface area (Å²) in [5.41, 5.74) is 0.898. The Balaban J connectivity index is 1.72. The molecule has 0 spiro atoms. The third-order valence-electron chi connectivity index (χ3n) is 3.57. The van der Waals surface area contributed by atoms with E-state index < -0.39 is 0 Å². The molecule has 0 amide bonds. The van der Waals surface area contributed by atoms with Gasteiger partial charge in [0.2, 0.25) is 6.79 Å². The highest BCUT2D eigenvalue weighted by molar-refractivity contribution is 9.10. The van der Waals surface area contributed by atoms with E-state index in [0.29, 0.717) is 16.0 Å². The van der Waals surface area contributed by atoms with Crippen LogP contribution >= 0.6 is 15.9 Å². The maximum absolute atomic E-state index is 10.2. The average molecular weight is 329 g/mol. The maximum atomic E-state index is 10.2. The average Bonchev–Trinajstić information content (AvgIpc) is 2.91. The zero-order valence-corrected chi connectivity index (χ0v) is 12.2. The Hall–Kier alpha value is -0.980. The Morgan fingerprint density at radius 1 is 1.32 bits per heavy atom. The highest BCUT2D eigenvalue weighted by Crippen LogP contribution is 2.46. The van der Waals surface area contributed by atoms with Crippen LogP contribution in [0.5, 0.6) is 17.2 Å². The van der Waals surface area contributed by atoms with Crippen molar-refractivity contribution in [1.29, 1.82) is 0 Å². The molecule has 1 aromatic rings. The number of halogens is 1. The molecule has 2 aliphatic heterocycles. The SMILES string of the molecule is Oc1c(CCN2CCNCC2)cc2c(c1Br)OCO2. The van der Waals surface area contributed by atoms with Crippen molar-refractivity contribution >= 4 is 15.9 Å². The molecule has 0 unspecified atom stereocenters. The molecule has 104 valence electrons. The summed E-state index contributed by atoms with van der Waals surface area (Å²) >= 11 is 3.37. The number of nitrogens with one attached hydrogen (secondary N) is 1. The second-order valence-corrected chi connectivity index (χ2v) is 5.57. The van der Waals surface area contributed by atoms with Crippen LogP contribution in [0.2, 0.25) is 0 Å². The van der Waals surface area contributed by atoms with Gasteiger partial charge in [-0.25, -0.2) is 0 Å². The van der Waals surface area contributed by atoms with E-state index in [0.717, 1.165) is 44.7 Å². The van der Waals surface area contributed by atoms with Crippen molar-refractivity contribution in [2.24, 2.45) is 0 Å². The van der Waals surface area contributed by atoms with E-state index in [1.165, 1.54) is 0 Å². The minimum atomic E-state index is 0.217. The first-order valence-corrected chi connectivity index (χ1v) is 7.28. The van der Waals surface area contributed by atoms with Crippen LogP contribution in [0.4, 0.5) is 0 Å². The molecular formula is C13H17BrN2O3. The lowest BCUT2D eigenvalue weighted by Gasteiger charge is -2.27. The number of phenolic OH excluding ortho intramolecular Hbond substituents is 1. The van der Waals surface area contributed by atoms with E-state index in [9.17, 15) is 5.11 Å². The fourth-order valence-corrected chi connectivity index (χ4v) is 3.01. The second kappa shape index (κ2) is 5.56. The zero-order chi connectivity index (χ0) is 13.2. The van der Waals surface area contributed by atoms with Crippen LogP contribution in [0.25, 0.3) is 0 Å². The van der Waals surface area contributed by atoms with Crippen LogP contribution in [-0.2, 0) is 6.42 Å². The minimum Gasteiger partial charge on any atom is -0.506 e. The summed E-state index contributed by atoms with van der Waals surface area (Å²) in [6.07, 6.45) is 0.807. The van der Waals surface area contributed by atoms with Crippen molar-refractivity contribution in [3.05, 3.63) is 16.1 Å². The Labute approximate surface area is 120 Å². The number of phenols is 1. The van der Waals surface area contributed by atoms with Crippen molar-refractivity contribution < 1.29 is 14.6 Å². The summed E-state index contributed by atoms with van der Waals surface area (Å²) in [6.45, 7) is 5.36. The van der Waals surface area contributed by atoms with Crippen LogP contribution < -0.4 is 14.8 Å². The van der Waals surface area contributed by atoms with Gasteiger partial charge in [0.1, 0.15) is 10.2 Å². The fourth-order valence-electron chi connectivity index (χ4n) is 2.45. The van der Waals surface area contributed by atoms with Gasteiger partial charge in [-0.3, -0.25) is 0 Å². The number of hydrogen-bond donors (Lipinski definition) is 2.